The Balaban J connectivity index is 1.26. The number of rotatable bonds is 14. The molecule has 1 unspecified atom stereocenters. The standard InChI is InChI=1S/C37H40ClF7N8O4/c1-5-21(10-11-49(2)3)34(55)51-12-14-52(15-13-51)35(56)24-7-6-22(18-27(24)38)47-33(54)32-46-19-28(50(32)4)25-9-8-23(29(39)30(25)40)26-20-53(16-17-57-36(41)42)48-31(26)37(43,44)45/h6-9,18-21,36H,5,10-17H2,1-4H3,(H,47,54)/p+1. The van der Waals surface area contributed by atoms with E-state index in [2.05, 4.69) is 20.1 Å². The minimum Gasteiger partial charge on any atom is -0.340 e. The van der Waals surface area contributed by atoms with Gasteiger partial charge in [-0.05, 0) is 30.7 Å². The van der Waals surface area contributed by atoms with Crippen LogP contribution in [-0.4, -0.2) is 107 Å². The molecule has 3 amide bonds. The highest BCUT2D eigenvalue weighted by Crippen LogP contribution is 2.39. The van der Waals surface area contributed by atoms with E-state index in [0.29, 0.717) is 30.9 Å². The Kier molecular flexibility index (Phi) is 13.7. The molecule has 1 aliphatic rings. The maximum atomic E-state index is 15.5. The van der Waals surface area contributed by atoms with Gasteiger partial charge in [-0.1, -0.05) is 24.6 Å². The number of amides is 3. The molecule has 0 radical (unpaired) electrons. The first kappa shape index (κ1) is 43.1. The molecular formula is C37H41ClF7N8O4+. The van der Waals surface area contributed by atoms with Crippen molar-refractivity contribution in [3.05, 3.63) is 76.5 Å². The van der Waals surface area contributed by atoms with Crippen LogP contribution in [0.15, 0.2) is 42.7 Å². The fraction of sp³-hybridized carbons (Fsp3) is 0.432. The number of nitrogens with zero attached hydrogens (tertiary/aromatic N) is 6. The van der Waals surface area contributed by atoms with E-state index in [1.165, 1.54) is 30.1 Å². The Bertz CT molecular complexity index is 2100. The van der Waals surface area contributed by atoms with Crippen LogP contribution in [-0.2, 0) is 29.3 Å². The van der Waals surface area contributed by atoms with Gasteiger partial charge in [0.1, 0.15) is 0 Å². The summed E-state index contributed by atoms with van der Waals surface area (Å²) in [5, 5.41) is 5.96. The van der Waals surface area contributed by atoms with Crippen molar-refractivity contribution in [3.63, 3.8) is 0 Å². The predicted octanol–water partition coefficient (Wildman–Crippen LogP) is 5.24. The van der Waals surface area contributed by atoms with Crippen LogP contribution in [0.2, 0.25) is 5.02 Å². The number of aromatic nitrogens is 4. The lowest BCUT2D eigenvalue weighted by molar-refractivity contribution is -0.858. The average molecular weight is 830 g/mol. The van der Waals surface area contributed by atoms with Gasteiger partial charge in [0.25, 0.3) is 11.8 Å². The number of imidazole rings is 1. The molecule has 1 fully saturated rings. The molecule has 0 spiro atoms. The molecule has 0 bridgehead atoms. The van der Waals surface area contributed by atoms with Gasteiger partial charge < -0.3 is 29.3 Å². The second-order valence-electron chi connectivity index (χ2n) is 13.7. The topological polar surface area (TPSA) is 119 Å². The van der Waals surface area contributed by atoms with E-state index >= 15 is 8.78 Å². The Labute approximate surface area is 328 Å². The van der Waals surface area contributed by atoms with Crippen LogP contribution in [0.4, 0.5) is 36.4 Å². The Morgan fingerprint density at radius 1 is 0.982 bits per heavy atom. The number of anilines is 1. The van der Waals surface area contributed by atoms with E-state index in [0.717, 1.165) is 48.5 Å². The minimum atomic E-state index is -5.10. The van der Waals surface area contributed by atoms with Crippen molar-refractivity contribution in [2.45, 2.75) is 39.1 Å². The number of halogens is 8. The molecule has 12 nitrogen and oxygen atoms in total. The summed E-state index contributed by atoms with van der Waals surface area (Å²) in [4.78, 5) is 48.4. The molecule has 4 aromatic rings. The van der Waals surface area contributed by atoms with Crippen LogP contribution in [0.25, 0.3) is 22.4 Å². The van der Waals surface area contributed by atoms with Crippen LogP contribution in [0.5, 0.6) is 0 Å². The molecule has 3 heterocycles. The average Bonchev–Trinajstić information content (AvgIpc) is 3.76. The van der Waals surface area contributed by atoms with Gasteiger partial charge >= 0.3 is 12.8 Å². The van der Waals surface area contributed by atoms with Gasteiger partial charge in [-0.15, -0.1) is 0 Å². The van der Waals surface area contributed by atoms with Crippen molar-refractivity contribution >= 4 is 35.0 Å². The number of carbonyl (C=O) groups excluding carboxylic acids is 3. The van der Waals surface area contributed by atoms with Gasteiger partial charge in [0, 0.05) is 74.1 Å². The van der Waals surface area contributed by atoms with Crippen LogP contribution >= 0.6 is 11.6 Å². The maximum absolute atomic E-state index is 15.5. The number of hydrogen-bond donors (Lipinski definition) is 2. The van der Waals surface area contributed by atoms with E-state index in [4.69, 9.17) is 11.6 Å². The van der Waals surface area contributed by atoms with Crippen molar-refractivity contribution in [2.24, 2.45) is 13.0 Å². The van der Waals surface area contributed by atoms with E-state index in [9.17, 15) is 36.3 Å². The Morgan fingerprint density at radius 2 is 1.63 bits per heavy atom. The lowest BCUT2D eigenvalue weighted by Crippen LogP contribution is -3.05. The molecule has 2 N–H and O–H groups in total. The monoisotopic (exact) mass is 829 g/mol. The minimum absolute atomic E-state index is 0.0485. The smallest absolute Gasteiger partial charge is 0.340 e. The molecule has 308 valence electrons. The summed E-state index contributed by atoms with van der Waals surface area (Å²) in [6.45, 7) is -0.0877. The second kappa shape index (κ2) is 18.1. The largest absolute Gasteiger partial charge is 0.435 e. The second-order valence-corrected chi connectivity index (χ2v) is 14.1. The van der Waals surface area contributed by atoms with Gasteiger partial charge in [0.2, 0.25) is 5.91 Å². The third kappa shape index (κ3) is 9.93. The molecule has 1 atom stereocenters. The molecule has 1 saturated heterocycles. The van der Waals surface area contributed by atoms with Crippen molar-refractivity contribution in [2.75, 3.05) is 58.7 Å². The molecule has 1 aliphatic heterocycles. The molecule has 20 heteroatoms. The summed E-state index contributed by atoms with van der Waals surface area (Å²) in [6.07, 6.45) is -1.76. The van der Waals surface area contributed by atoms with Crippen LogP contribution in [0.1, 0.15) is 46.4 Å². The van der Waals surface area contributed by atoms with Crippen molar-refractivity contribution in [1.82, 2.24) is 29.1 Å². The van der Waals surface area contributed by atoms with Crippen LogP contribution in [0.3, 0.4) is 0 Å². The molecule has 57 heavy (non-hydrogen) atoms. The highest BCUT2D eigenvalue weighted by molar-refractivity contribution is 6.34. The fourth-order valence-corrected chi connectivity index (χ4v) is 6.74. The number of nitrogens with one attached hydrogen (secondary N) is 2. The molecule has 2 aromatic heterocycles. The highest BCUT2D eigenvalue weighted by atomic mass is 35.5. The zero-order valence-corrected chi connectivity index (χ0v) is 32.2. The number of ether oxygens (including phenoxy) is 1. The summed E-state index contributed by atoms with van der Waals surface area (Å²) < 4.78 is 103. The summed E-state index contributed by atoms with van der Waals surface area (Å²) in [5.74, 6) is -4.57. The Morgan fingerprint density at radius 3 is 2.25 bits per heavy atom. The summed E-state index contributed by atoms with van der Waals surface area (Å²) in [5.41, 5.74) is -3.34. The van der Waals surface area contributed by atoms with Gasteiger partial charge in [-0.3, -0.25) is 19.1 Å². The van der Waals surface area contributed by atoms with E-state index in [1.807, 2.05) is 21.0 Å². The van der Waals surface area contributed by atoms with E-state index in [-0.39, 0.29) is 45.5 Å². The van der Waals surface area contributed by atoms with Crippen molar-refractivity contribution < 1.29 is 54.8 Å². The third-order valence-corrected chi connectivity index (χ3v) is 9.92. The van der Waals surface area contributed by atoms with Gasteiger partial charge in [0.15, 0.2) is 23.2 Å². The molecule has 2 aromatic carbocycles. The third-order valence-electron chi connectivity index (χ3n) is 9.60. The number of piperazine rings is 1. The zero-order chi connectivity index (χ0) is 41.8. The maximum Gasteiger partial charge on any atom is 0.435 e. The molecule has 0 saturated carbocycles. The number of hydrogen-bond acceptors (Lipinski definition) is 6. The summed E-state index contributed by atoms with van der Waals surface area (Å²) in [7, 11) is 5.42. The lowest BCUT2D eigenvalue weighted by Gasteiger charge is -2.36. The Hall–Kier alpha value is -5.01. The fourth-order valence-electron chi connectivity index (χ4n) is 6.48. The number of quaternary nitrogens is 1. The van der Waals surface area contributed by atoms with E-state index < -0.39 is 65.9 Å². The number of benzene rings is 2. The number of alkyl halides is 5. The van der Waals surface area contributed by atoms with Gasteiger partial charge in [-0.25, -0.2) is 13.8 Å². The SMILES string of the molecule is CCC(CC[NH+](C)C)C(=O)N1CCN(C(=O)c2ccc(NC(=O)c3ncc(-c4ccc(-c5cn(CCOC(F)F)nc5C(F)(F)F)c(F)c4F)n3C)cc2Cl)CC1. The number of carbonyl (C=O) groups is 3. The van der Waals surface area contributed by atoms with E-state index in [1.54, 1.807) is 9.80 Å². The normalized spacial score (nSPS) is 14.1. The quantitative estimate of drug-likeness (QED) is 0.168. The zero-order valence-electron chi connectivity index (χ0n) is 31.4. The van der Waals surface area contributed by atoms with Gasteiger partial charge in [0.05, 0.1) is 56.3 Å². The summed E-state index contributed by atoms with van der Waals surface area (Å²) >= 11 is 6.48. The van der Waals surface area contributed by atoms with Crippen LogP contribution < -0.4 is 10.2 Å². The first-order valence-electron chi connectivity index (χ1n) is 17.9. The van der Waals surface area contributed by atoms with Crippen molar-refractivity contribution in [3.8, 4) is 22.4 Å². The van der Waals surface area contributed by atoms with Crippen molar-refractivity contribution in [1.29, 1.82) is 0 Å². The predicted molar refractivity (Wildman–Crippen MR) is 195 cm³/mol. The molecule has 0 aliphatic carbocycles. The summed E-state index contributed by atoms with van der Waals surface area (Å²) in [6, 6.07) is 6.17. The van der Waals surface area contributed by atoms with Gasteiger partial charge in [-0.2, -0.15) is 27.1 Å². The molecule has 5 rings (SSSR count). The highest BCUT2D eigenvalue weighted by Gasteiger charge is 2.39. The molecular weight excluding hydrogens is 789 g/mol. The first-order valence-corrected chi connectivity index (χ1v) is 18.3. The van der Waals surface area contributed by atoms with Crippen LogP contribution in [0, 0.1) is 17.6 Å². The first-order chi connectivity index (χ1) is 26.9. The lowest BCUT2D eigenvalue weighted by atomic mass is 10.00.